The zero-order valence-corrected chi connectivity index (χ0v) is 12.5. The molecule has 0 unspecified atom stereocenters. The molecular formula is C16H18ClN3. The molecule has 3 nitrogen and oxygen atoms in total. The standard InChI is InChI=1S/C16H18ClN3/c1-10(2)16-19-14(17)9-15(20-16)18-13-7-6-11-4-3-5-12(11)8-13/h6-10H,3-5H2,1-2H3,(H,18,19,20). The first-order valence-electron chi connectivity index (χ1n) is 7.05. The summed E-state index contributed by atoms with van der Waals surface area (Å²) in [4.78, 5) is 8.76. The van der Waals surface area contributed by atoms with E-state index in [0.717, 1.165) is 17.3 Å². The quantitative estimate of drug-likeness (QED) is 0.846. The molecule has 3 rings (SSSR count). The lowest BCUT2D eigenvalue weighted by Gasteiger charge is -2.10. The lowest BCUT2D eigenvalue weighted by Crippen LogP contribution is -2.02. The van der Waals surface area contributed by atoms with Crippen LogP contribution in [-0.4, -0.2) is 9.97 Å². The molecule has 1 N–H and O–H groups in total. The second-order valence-electron chi connectivity index (χ2n) is 5.55. The van der Waals surface area contributed by atoms with Gasteiger partial charge in [0.05, 0.1) is 0 Å². The molecule has 0 saturated carbocycles. The van der Waals surface area contributed by atoms with Crippen LogP contribution in [0.5, 0.6) is 0 Å². The normalized spacial score (nSPS) is 13.6. The van der Waals surface area contributed by atoms with Crippen LogP contribution in [0.25, 0.3) is 0 Å². The van der Waals surface area contributed by atoms with E-state index in [1.165, 1.54) is 30.4 Å². The molecule has 20 heavy (non-hydrogen) atoms. The molecule has 1 aliphatic rings. The van der Waals surface area contributed by atoms with Crippen LogP contribution in [0.15, 0.2) is 24.3 Å². The maximum absolute atomic E-state index is 6.06. The van der Waals surface area contributed by atoms with Gasteiger partial charge in [-0.1, -0.05) is 31.5 Å². The summed E-state index contributed by atoms with van der Waals surface area (Å²) in [5.74, 6) is 1.78. The first-order chi connectivity index (χ1) is 9.61. The highest BCUT2D eigenvalue weighted by Crippen LogP contribution is 2.27. The lowest BCUT2D eigenvalue weighted by atomic mass is 10.1. The Kier molecular flexibility index (Phi) is 3.62. The lowest BCUT2D eigenvalue weighted by molar-refractivity contribution is 0.776. The molecule has 1 aromatic carbocycles. The zero-order valence-electron chi connectivity index (χ0n) is 11.8. The molecule has 104 valence electrons. The van der Waals surface area contributed by atoms with Gasteiger partial charge in [0.1, 0.15) is 16.8 Å². The third-order valence-corrected chi connectivity index (χ3v) is 3.79. The van der Waals surface area contributed by atoms with Gasteiger partial charge < -0.3 is 5.32 Å². The van der Waals surface area contributed by atoms with Gasteiger partial charge in [-0.25, -0.2) is 9.97 Å². The van der Waals surface area contributed by atoms with E-state index in [1.54, 1.807) is 6.07 Å². The Morgan fingerprint density at radius 2 is 1.90 bits per heavy atom. The summed E-state index contributed by atoms with van der Waals surface area (Å²) < 4.78 is 0. The number of rotatable bonds is 3. The van der Waals surface area contributed by atoms with E-state index < -0.39 is 0 Å². The minimum absolute atomic E-state index is 0.259. The first kappa shape index (κ1) is 13.4. The van der Waals surface area contributed by atoms with Crippen molar-refractivity contribution in [2.75, 3.05) is 5.32 Å². The minimum atomic E-state index is 0.259. The number of hydrogen-bond donors (Lipinski definition) is 1. The predicted molar refractivity (Wildman–Crippen MR) is 82.9 cm³/mol. The topological polar surface area (TPSA) is 37.8 Å². The van der Waals surface area contributed by atoms with Crippen molar-refractivity contribution < 1.29 is 0 Å². The van der Waals surface area contributed by atoms with Crippen LogP contribution < -0.4 is 5.32 Å². The van der Waals surface area contributed by atoms with E-state index >= 15 is 0 Å². The third kappa shape index (κ3) is 2.78. The Labute approximate surface area is 124 Å². The van der Waals surface area contributed by atoms with Crippen LogP contribution in [0, 0.1) is 0 Å². The maximum Gasteiger partial charge on any atom is 0.135 e. The molecule has 0 saturated heterocycles. The van der Waals surface area contributed by atoms with Crippen molar-refractivity contribution in [2.45, 2.75) is 39.0 Å². The van der Waals surface area contributed by atoms with Crippen molar-refractivity contribution >= 4 is 23.1 Å². The van der Waals surface area contributed by atoms with Crippen molar-refractivity contribution in [3.05, 3.63) is 46.4 Å². The van der Waals surface area contributed by atoms with Gasteiger partial charge in [-0.15, -0.1) is 0 Å². The highest BCUT2D eigenvalue weighted by Gasteiger charge is 2.12. The molecule has 0 atom stereocenters. The number of benzene rings is 1. The number of hydrogen-bond acceptors (Lipinski definition) is 3. The number of aromatic nitrogens is 2. The van der Waals surface area contributed by atoms with Gasteiger partial charge in [-0.3, -0.25) is 0 Å². The highest BCUT2D eigenvalue weighted by molar-refractivity contribution is 6.29. The van der Waals surface area contributed by atoms with Crippen LogP contribution in [0.2, 0.25) is 5.15 Å². The average molecular weight is 288 g/mol. The molecule has 1 aromatic heterocycles. The number of fused-ring (bicyclic) bond motifs is 1. The molecule has 0 spiro atoms. The Bertz CT molecular complexity index is 638. The summed E-state index contributed by atoms with van der Waals surface area (Å²) in [5, 5.41) is 3.81. The van der Waals surface area contributed by atoms with E-state index in [-0.39, 0.29) is 5.92 Å². The van der Waals surface area contributed by atoms with Crippen LogP contribution in [0.3, 0.4) is 0 Å². The van der Waals surface area contributed by atoms with Crippen molar-refractivity contribution in [3.8, 4) is 0 Å². The Morgan fingerprint density at radius 1 is 1.10 bits per heavy atom. The fourth-order valence-corrected chi connectivity index (χ4v) is 2.74. The van der Waals surface area contributed by atoms with Gasteiger partial charge in [0, 0.05) is 17.7 Å². The van der Waals surface area contributed by atoms with E-state index in [9.17, 15) is 0 Å². The summed E-state index contributed by atoms with van der Waals surface area (Å²) in [6.07, 6.45) is 3.63. The van der Waals surface area contributed by atoms with Gasteiger partial charge in [0.15, 0.2) is 0 Å². The fraction of sp³-hybridized carbons (Fsp3) is 0.375. The minimum Gasteiger partial charge on any atom is -0.340 e. The second kappa shape index (κ2) is 5.41. The molecule has 4 heteroatoms. The van der Waals surface area contributed by atoms with E-state index in [2.05, 4.69) is 47.3 Å². The Hall–Kier alpha value is -1.61. The summed E-state index contributed by atoms with van der Waals surface area (Å²) in [5.41, 5.74) is 3.98. The van der Waals surface area contributed by atoms with Crippen molar-refractivity contribution in [2.24, 2.45) is 0 Å². The van der Waals surface area contributed by atoms with Gasteiger partial charge in [-0.2, -0.15) is 0 Å². The van der Waals surface area contributed by atoms with Gasteiger partial charge in [0.25, 0.3) is 0 Å². The average Bonchev–Trinajstić information content (AvgIpc) is 2.85. The SMILES string of the molecule is CC(C)c1nc(Cl)cc(Nc2ccc3c(c2)CCC3)n1. The van der Waals surface area contributed by atoms with E-state index in [1.807, 2.05) is 0 Å². The largest absolute Gasteiger partial charge is 0.340 e. The molecule has 1 heterocycles. The van der Waals surface area contributed by atoms with Crippen molar-refractivity contribution in [1.82, 2.24) is 9.97 Å². The van der Waals surface area contributed by atoms with Crippen LogP contribution in [0.1, 0.15) is 43.1 Å². The molecule has 0 bridgehead atoms. The monoisotopic (exact) mass is 287 g/mol. The second-order valence-corrected chi connectivity index (χ2v) is 5.94. The molecular weight excluding hydrogens is 270 g/mol. The summed E-state index contributed by atoms with van der Waals surface area (Å²) in [6, 6.07) is 8.29. The molecule has 0 aliphatic heterocycles. The number of nitrogens with one attached hydrogen (secondary N) is 1. The molecule has 2 aromatic rings. The molecule has 0 fully saturated rings. The van der Waals surface area contributed by atoms with Gasteiger partial charge in [-0.05, 0) is 42.5 Å². The number of aryl methyl sites for hydroxylation is 2. The smallest absolute Gasteiger partial charge is 0.135 e. The van der Waals surface area contributed by atoms with Crippen molar-refractivity contribution in [1.29, 1.82) is 0 Å². The van der Waals surface area contributed by atoms with Crippen LogP contribution in [-0.2, 0) is 12.8 Å². The van der Waals surface area contributed by atoms with Gasteiger partial charge >= 0.3 is 0 Å². The first-order valence-corrected chi connectivity index (χ1v) is 7.43. The fourth-order valence-electron chi connectivity index (χ4n) is 2.55. The Balaban J connectivity index is 1.87. The van der Waals surface area contributed by atoms with Crippen LogP contribution in [0.4, 0.5) is 11.5 Å². The summed E-state index contributed by atoms with van der Waals surface area (Å²) in [7, 11) is 0. The zero-order chi connectivity index (χ0) is 14.1. The molecule has 0 amide bonds. The molecule has 0 radical (unpaired) electrons. The maximum atomic E-state index is 6.06. The number of anilines is 2. The highest BCUT2D eigenvalue weighted by atomic mass is 35.5. The Morgan fingerprint density at radius 3 is 2.70 bits per heavy atom. The number of nitrogens with zero attached hydrogens (tertiary/aromatic N) is 2. The van der Waals surface area contributed by atoms with Crippen LogP contribution >= 0.6 is 11.6 Å². The third-order valence-electron chi connectivity index (χ3n) is 3.60. The van der Waals surface area contributed by atoms with E-state index in [0.29, 0.717) is 5.15 Å². The van der Waals surface area contributed by atoms with Crippen molar-refractivity contribution in [3.63, 3.8) is 0 Å². The summed E-state index contributed by atoms with van der Waals surface area (Å²) >= 11 is 6.06. The summed E-state index contributed by atoms with van der Waals surface area (Å²) in [6.45, 7) is 4.12. The molecule has 1 aliphatic carbocycles. The predicted octanol–water partition coefficient (Wildman–Crippen LogP) is 4.49. The number of halogens is 1. The van der Waals surface area contributed by atoms with Gasteiger partial charge in [0.2, 0.25) is 0 Å². The van der Waals surface area contributed by atoms with E-state index in [4.69, 9.17) is 11.6 Å².